The molecule has 0 radical (unpaired) electrons. The van der Waals surface area contributed by atoms with E-state index in [1.807, 2.05) is 5.43 Å². The molecule has 0 fully saturated rings. The number of anilines is 2. The number of hydrogen-bond acceptors (Lipinski definition) is 6. The Hall–Kier alpha value is -2.29. The van der Waals surface area contributed by atoms with Crippen molar-refractivity contribution in [2.45, 2.75) is 12.7 Å². The molecule has 2 rings (SSSR count). The van der Waals surface area contributed by atoms with Crippen LogP contribution in [0.2, 0.25) is 0 Å². The molecule has 2 aromatic rings. The first kappa shape index (κ1) is 13.1. The molecule has 0 spiro atoms. The summed E-state index contributed by atoms with van der Waals surface area (Å²) >= 11 is 0. The third kappa shape index (κ3) is 3.35. The average molecular weight is 273 g/mol. The van der Waals surface area contributed by atoms with Crippen LogP contribution in [0.4, 0.5) is 24.9 Å². The molecule has 19 heavy (non-hydrogen) atoms. The van der Waals surface area contributed by atoms with Crippen molar-refractivity contribution in [1.82, 2.24) is 9.97 Å². The van der Waals surface area contributed by atoms with Crippen LogP contribution < -0.4 is 16.6 Å². The Morgan fingerprint density at radius 1 is 1.32 bits per heavy atom. The van der Waals surface area contributed by atoms with Gasteiger partial charge in [-0.2, -0.15) is 18.2 Å². The summed E-state index contributed by atoms with van der Waals surface area (Å²) in [4.78, 5) is 7.01. The molecule has 102 valence electrons. The summed E-state index contributed by atoms with van der Waals surface area (Å²) in [6.07, 6.45) is -1.63. The van der Waals surface area contributed by atoms with Gasteiger partial charge in [0.25, 0.3) is 0 Å². The number of furan rings is 1. The van der Waals surface area contributed by atoms with Crippen molar-refractivity contribution in [2.75, 3.05) is 10.7 Å². The number of rotatable bonds is 4. The van der Waals surface area contributed by atoms with Crippen LogP contribution in [0, 0.1) is 0 Å². The Morgan fingerprint density at radius 2 is 2.11 bits per heavy atom. The van der Waals surface area contributed by atoms with Crippen LogP contribution >= 0.6 is 0 Å². The smallest absolute Gasteiger partial charge is 0.433 e. The topological polar surface area (TPSA) is 89.0 Å². The van der Waals surface area contributed by atoms with E-state index in [1.165, 1.54) is 12.5 Å². The van der Waals surface area contributed by atoms with Crippen molar-refractivity contribution in [3.8, 4) is 0 Å². The Labute approximate surface area is 105 Å². The van der Waals surface area contributed by atoms with Gasteiger partial charge in [-0.3, -0.25) is 5.43 Å². The first-order chi connectivity index (χ1) is 8.99. The Balaban J connectivity index is 2.19. The molecular formula is C10H10F3N5O. The fourth-order valence-electron chi connectivity index (χ4n) is 1.33. The van der Waals surface area contributed by atoms with Gasteiger partial charge in [0.05, 0.1) is 12.5 Å². The molecule has 0 saturated carbocycles. The van der Waals surface area contributed by atoms with Gasteiger partial charge in [0.1, 0.15) is 5.82 Å². The average Bonchev–Trinajstić information content (AvgIpc) is 2.88. The highest BCUT2D eigenvalue weighted by Gasteiger charge is 2.33. The number of hydrogen-bond donors (Lipinski definition) is 3. The van der Waals surface area contributed by atoms with Gasteiger partial charge in [-0.1, -0.05) is 0 Å². The van der Waals surface area contributed by atoms with Crippen molar-refractivity contribution in [1.29, 1.82) is 0 Å². The van der Waals surface area contributed by atoms with E-state index < -0.39 is 11.9 Å². The van der Waals surface area contributed by atoms with Crippen LogP contribution in [0.1, 0.15) is 11.3 Å². The fourth-order valence-corrected chi connectivity index (χ4v) is 1.33. The minimum absolute atomic E-state index is 0.0106. The monoisotopic (exact) mass is 273 g/mol. The van der Waals surface area contributed by atoms with Crippen LogP contribution in [0.5, 0.6) is 0 Å². The molecule has 0 aliphatic heterocycles. The van der Waals surface area contributed by atoms with E-state index in [-0.39, 0.29) is 18.3 Å². The second kappa shape index (κ2) is 5.14. The molecule has 0 aromatic carbocycles. The molecule has 0 aliphatic carbocycles. The van der Waals surface area contributed by atoms with Crippen LogP contribution in [0.25, 0.3) is 0 Å². The number of aromatic nitrogens is 2. The zero-order chi connectivity index (χ0) is 13.9. The molecule has 4 N–H and O–H groups in total. The van der Waals surface area contributed by atoms with Gasteiger partial charge in [-0.05, 0) is 6.07 Å². The minimum atomic E-state index is -4.57. The predicted molar refractivity (Wildman–Crippen MR) is 60.9 cm³/mol. The van der Waals surface area contributed by atoms with Crippen molar-refractivity contribution >= 4 is 11.8 Å². The fraction of sp³-hybridized carbons (Fsp3) is 0.200. The molecule has 6 nitrogen and oxygen atoms in total. The van der Waals surface area contributed by atoms with Gasteiger partial charge < -0.3 is 9.73 Å². The maximum Gasteiger partial charge on any atom is 0.433 e. The lowest BCUT2D eigenvalue weighted by molar-refractivity contribution is -0.141. The molecule has 0 atom stereocenters. The van der Waals surface area contributed by atoms with Gasteiger partial charge in [0.15, 0.2) is 5.69 Å². The van der Waals surface area contributed by atoms with Crippen molar-refractivity contribution in [3.05, 3.63) is 35.9 Å². The van der Waals surface area contributed by atoms with Gasteiger partial charge in [0.2, 0.25) is 5.95 Å². The number of nitrogens with two attached hydrogens (primary N) is 1. The number of nitrogen functional groups attached to an aromatic ring is 1. The first-order valence-corrected chi connectivity index (χ1v) is 5.17. The van der Waals surface area contributed by atoms with E-state index in [0.717, 1.165) is 11.6 Å². The lowest BCUT2D eigenvalue weighted by atomic mass is 10.3. The van der Waals surface area contributed by atoms with Crippen molar-refractivity contribution in [3.63, 3.8) is 0 Å². The van der Waals surface area contributed by atoms with Gasteiger partial charge in [0, 0.05) is 18.2 Å². The van der Waals surface area contributed by atoms with E-state index in [4.69, 9.17) is 10.3 Å². The second-order valence-corrected chi connectivity index (χ2v) is 3.59. The molecule has 9 heteroatoms. The van der Waals surface area contributed by atoms with Gasteiger partial charge >= 0.3 is 6.18 Å². The third-order valence-corrected chi connectivity index (χ3v) is 2.20. The molecular weight excluding hydrogens is 263 g/mol. The van der Waals surface area contributed by atoms with Crippen LogP contribution in [-0.4, -0.2) is 9.97 Å². The highest BCUT2D eigenvalue weighted by atomic mass is 19.4. The maximum absolute atomic E-state index is 12.6. The minimum Gasteiger partial charge on any atom is -0.472 e. The van der Waals surface area contributed by atoms with Crippen molar-refractivity contribution in [2.24, 2.45) is 5.84 Å². The quantitative estimate of drug-likeness (QED) is 0.583. The van der Waals surface area contributed by atoms with E-state index >= 15 is 0 Å². The summed E-state index contributed by atoms with van der Waals surface area (Å²) in [5.41, 5.74) is 1.69. The molecule has 2 aromatic heterocycles. The SMILES string of the molecule is NNc1nc(NCc2ccoc2)cc(C(F)(F)F)n1. The zero-order valence-corrected chi connectivity index (χ0v) is 9.53. The highest BCUT2D eigenvalue weighted by Crippen LogP contribution is 2.29. The molecule has 0 amide bonds. The summed E-state index contributed by atoms with van der Waals surface area (Å²) < 4.78 is 42.6. The first-order valence-electron chi connectivity index (χ1n) is 5.17. The van der Waals surface area contributed by atoms with Gasteiger partial charge in [-0.15, -0.1) is 0 Å². The van der Waals surface area contributed by atoms with Crippen LogP contribution in [0.15, 0.2) is 29.1 Å². The molecule has 0 bridgehead atoms. The maximum atomic E-state index is 12.6. The normalized spacial score (nSPS) is 11.4. The third-order valence-electron chi connectivity index (χ3n) is 2.20. The highest BCUT2D eigenvalue weighted by molar-refractivity contribution is 5.43. The van der Waals surface area contributed by atoms with E-state index in [0.29, 0.717) is 0 Å². The largest absolute Gasteiger partial charge is 0.472 e. The van der Waals surface area contributed by atoms with Crippen molar-refractivity contribution < 1.29 is 17.6 Å². The molecule has 0 aliphatic rings. The second-order valence-electron chi connectivity index (χ2n) is 3.59. The van der Waals surface area contributed by atoms with Crippen LogP contribution in [-0.2, 0) is 12.7 Å². The predicted octanol–water partition coefficient (Wildman–Crippen LogP) is 1.99. The Kier molecular flexibility index (Phi) is 3.56. The molecule has 0 unspecified atom stereocenters. The molecule has 0 saturated heterocycles. The van der Waals surface area contributed by atoms with E-state index in [9.17, 15) is 13.2 Å². The van der Waals surface area contributed by atoms with E-state index in [2.05, 4.69) is 15.3 Å². The number of halogens is 3. The van der Waals surface area contributed by atoms with E-state index in [1.54, 1.807) is 6.07 Å². The van der Waals surface area contributed by atoms with Crippen LogP contribution in [0.3, 0.4) is 0 Å². The Morgan fingerprint density at radius 3 is 2.68 bits per heavy atom. The number of nitrogens with one attached hydrogen (secondary N) is 2. The van der Waals surface area contributed by atoms with Gasteiger partial charge in [-0.25, -0.2) is 10.8 Å². The summed E-state index contributed by atoms with van der Waals surface area (Å²) in [6.45, 7) is 0.273. The standard InChI is InChI=1S/C10H10F3N5O/c11-10(12,13)7-3-8(17-9(16-7)18-14)15-4-6-1-2-19-5-6/h1-3,5H,4,14H2,(H2,15,16,17,18). The zero-order valence-electron chi connectivity index (χ0n) is 9.53. The number of alkyl halides is 3. The number of hydrazine groups is 1. The lowest BCUT2D eigenvalue weighted by Crippen LogP contribution is -2.16. The molecule has 2 heterocycles. The summed E-state index contributed by atoms with van der Waals surface area (Å²) in [5.74, 6) is 4.73. The lowest BCUT2D eigenvalue weighted by Gasteiger charge is -2.10. The Bertz CT molecular complexity index is 541. The summed E-state index contributed by atoms with van der Waals surface area (Å²) in [7, 11) is 0. The number of nitrogens with zero attached hydrogens (tertiary/aromatic N) is 2. The summed E-state index contributed by atoms with van der Waals surface area (Å²) in [5, 5.41) is 2.73. The summed E-state index contributed by atoms with van der Waals surface area (Å²) in [6, 6.07) is 2.49.